The Balaban J connectivity index is 1.73. The van der Waals surface area contributed by atoms with Crippen molar-refractivity contribution < 1.29 is 13.2 Å². The molecule has 0 spiro atoms. The Labute approximate surface area is 190 Å². The van der Waals surface area contributed by atoms with Crippen molar-refractivity contribution in [1.82, 2.24) is 18.8 Å². The Hall–Kier alpha value is -2.44. The maximum atomic E-state index is 12.7. The molecule has 174 valence electrons. The molecule has 3 rings (SSSR count). The minimum absolute atomic E-state index is 0.0853. The number of nitrogens with zero attached hydrogens (tertiary/aromatic N) is 3. The lowest BCUT2D eigenvalue weighted by Crippen LogP contribution is -2.37. The summed E-state index contributed by atoms with van der Waals surface area (Å²) in [7, 11) is -3.58. The number of H-pyrrole nitrogens is 1. The van der Waals surface area contributed by atoms with Crippen LogP contribution in [0.1, 0.15) is 43.5 Å². The van der Waals surface area contributed by atoms with E-state index in [1.54, 1.807) is 0 Å². The number of pyridine rings is 1. The molecule has 12 heteroatoms. The van der Waals surface area contributed by atoms with Gasteiger partial charge in [0.25, 0.3) is 5.56 Å². The molecule has 32 heavy (non-hydrogen) atoms. The predicted molar refractivity (Wildman–Crippen MR) is 122 cm³/mol. The van der Waals surface area contributed by atoms with Gasteiger partial charge in [-0.2, -0.15) is 4.31 Å². The molecule has 1 aliphatic heterocycles. The van der Waals surface area contributed by atoms with E-state index in [-0.39, 0.29) is 34.5 Å². The number of anilines is 1. The molecule has 10 nitrogen and oxygen atoms in total. The Morgan fingerprint density at radius 2 is 1.91 bits per heavy atom. The first kappa shape index (κ1) is 24.2. The number of hydrogen-bond acceptors (Lipinski definition) is 8. The molecule has 0 aromatic carbocycles. The van der Waals surface area contributed by atoms with Gasteiger partial charge in [0, 0.05) is 25.8 Å². The Morgan fingerprint density at radius 1 is 1.22 bits per heavy atom. The summed E-state index contributed by atoms with van der Waals surface area (Å²) in [5, 5.41) is 0.432. The zero-order valence-electron chi connectivity index (χ0n) is 18.0. The van der Waals surface area contributed by atoms with Gasteiger partial charge in [0.2, 0.25) is 10.0 Å². The van der Waals surface area contributed by atoms with Crippen LogP contribution >= 0.6 is 11.8 Å². The molecule has 0 atom stereocenters. The number of carbonyl (C=O) groups is 1. The van der Waals surface area contributed by atoms with Crippen molar-refractivity contribution in [3.63, 3.8) is 0 Å². The molecular weight excluding hydrogens is 454 g/mol. The summed E-state index contributed by atoms with van der Waals surface area (Å²) in [5.41, 5.74) is 4.23. The van der Waals surface area contributed by atoms with Crippen LogP contribution in [0.25, 0.3) is 0 Å². The fourth-order valence-electron chi connectivity index (χ4n) is 3.47. The third kappa shape index (κ3) is 5.30. The number of aromatic nitrogens is 3. The van der Waals surface area contributed by atoms with Crippen LogP contribution in [0.15, 0.2) is 37.8 Å². The first-order chi connectivity index (χ1) is 15.1. The number of rotatable bonds is 8. The Morgan fingerprint density at radius 3 is 2.50 bits per heavy atom. The molecule has 0 saturated carbocycles. The fraction of sp³-hybridized carbons (Fsp3) is 0.500. The minimum Gasteiger partial charge on any atom is -0.384 e. The number of nitrogen functional groups attached to an aromatic ring is 1. The highest BCUT2D eigenvalue weighted by Crippen LogP contribution is 2.23. The lowest BCUT2D eigenvalue weighted by atomic mass is 10.2. The van der Waals surface area contributed by atoms with Crippen LogP contribution < -0.4 is 17.0 Å². The third-order valence-electron chi connectivity index (χ3n) is 5.08. The second kappa shape index (κ2) is 10.0. The van der Waals surface area contributed by atoms with Gasteiger partial charge in [0.05, 0.1) is 10.8 Å². The van der Waals surface area contributed by atoms with E-state index in [0.717, 1.165) is 31.0 Å². The smallest absolute Gasteiger partial charge is 0.329 e. The zero-order chi connectivity index (χ0) is 23.5. The van der Waals surface area contributed by atoms with Gasteiger partial charge in [-0.15, -0.1) is 0 Å². The Kier molecular flexibility index (Phi) is 7.57. The number of nitrogens with one attached hydrogen (secondary N) is 1. The molecule has 0 unspecified atom stereocenters. The number of sulfonamides is 1. The molecular formula is C20H27N5O5S2. The quantitative estimate of drug-likeness (QED) is 0.424. The summed E-state index contributed by atoms with van der Waals surface area (Å²) in [6.07, 6.45) is 3.99. The van der Waals surface area contributed by atoms with Crippen molar-refractivity contribution in [2.45, 2.75) is 49.6 Å². The van der Waals surface area contributed by atoms with Crippen molar-refractivity contribution in [2.75, 3.05) is 24.6 Å². The standard InChI is InChI=1S/C20H27N5O5S2/c1-13(2)11-25-18(21)17(19(27)23-20(25)28)15(26)12-31-16-7-6-14(10-22-16)32(29,30)24-8-4-3-5-9-24/h6-7,10,13H,3-5,8-9,11-12,21H2,1-2H3,(H,23,27,28). The highest BCUT2D eigenvalue weighted by molar-refractivity contribution is 7.99. The molecule has 2 aromatic heterocycles. The van der Waals surface area contributed by atoms with Crippen molar-refractivity contribution in [3.05, 3.63) is 44.7 Å². The van der Waals surface area contributed by atoms with Crippen LogP contribution in [-0.4, -0.2) is 51.9 Å². The number of thioether (sulfide) groups is 1. The minimum atomic E-state index is -3.58. The highest BCUT2D eigenvalue weighted by atomic mass is 32.2. The summed E-state index contributed by atoms with van der Waals surface area (Å²) in [4.78, 5) is 43.3. The topological polar surface area (TPSA) is 148 Å². The lowest BCUT2D eigenvalue weighted by molar-refractivity contribution is 0.102. The molecule has 0 bridgehead atoms. The van der Waals surface area contributed by atoms with E-state index in [1.165, 1.54) is 27.2 Å². The zero-order valence-corrected chi connectivity index (χ0v) is 19.7. The number of Topliss-reactive ketones (excluding diaryl/α,β-unsaturated/α-hetero) is 1. The van der Waals surface area contributed by atoms with Gasteiger partial charge >= 0.3 is 5.69 Å². The average Bonchev–Trinajstić information content (AvgIpc) is 2.76. The number of ketones is 1. The Bertz CT molecular complexity index is 1200. The molecule has 2 aromatic rings. The first-order valence-corrected chi connectivity index (χ1v) is 12.8. The van der Waals surface area contributed by atoms with Crippen LogP contribution in [0.4, 0.5) is 5.82 Å². The molecule has 1 fully saturated rings. The van der Waals surface area contributed by atoms with E-state index in [2.05, 4.69) is 9.97 Å². The largest absolute Gasteiger partial charge is 0.384 e. The van der Waals surface area contributed by atoms with Crippen LogP contribution in [0, 0.1) is 5.92 Å². The molecule has 0 aliphatic carbocycles. The summed E-state index contributed by atoms with van der Waals surface area (Å²) in [6, 6.07) is 3.00. The normalized spacial score (nSPS) is 15.2. The van der Waals surface area contributed by atoms with E-state index in [1.807, 2.05) is 13.8 Å². The number of piperidine rings is 1. The van der Waals surface area contributed by atoms with Crippen molar-refractivity contribution in [3.8, 4) is 0 Å². The molecule has 1 aliphatic rings. The van der Waals surface area contributed by atoms with Gasteiger partial charge in [0.1, 0.15) is 16.3 Å². The van der Waals surface area contributed by atoms with Gasteiger partial charge in [-0.3, -0.25) is 19.1 Å². The number of carbonyl (C=O) groups excluding carboxylic acids is 1. The van der Waals surface area contributed by atoms with Gasteiger partial charge in [-0.05, 0) is 30.9 Å². The van der Waals surface area contributed by atoms with Crippen LogP contribution in [-0.2, 0) is 16.6 Å². The second-order valence-corrected chi connectivity index (χ2v) is 11.0. The monoisotopic (exact) mass is 481 g/mol. The van der Waals surface area contributed by atoms with E-state index in [0.29, 0.717) is 18.1 Å². The molecule has 1 saturated heterocycles. The van der Waals surface area contributed by atoms with Gasteiger partial charge in [-0.25, -0.2) is 18.2 Å². The SMILES string of the molecule is CC(C)Cn1c(N)c(C(=O)CSc2ccc(S(=O)(=O)N3CCCCC3)cn2)c(=O)[nH]c1=O. The van der Waals surface area contributed by atoms with Crippen LogP contribution in [0.3, 0.4) is 0 Å². The second-order valence-electron chi connectivity index (χ2n) is 8.03. The number of aromatic amines is 1. The van der Waals surface area contributed by atoms with E-state index in [9.17, 15) is 22.8 Å². The van der Waals surface area contributed by atoms with Crippen molar-refractivity contribution >= 4 is 33.4 Å². The van der Waals surface area contributed by atoms with Gasteiger partial charge in [-0.1, -0.05) is 32.0 Å². The molecule has 0 radical (unpaired) electrons. The highest BCUT2D eigenvalue weighted by Gasteiger charge is 2.26. The summed E-state index contributed by atoms with van der Waals surface area (Å²) in [5.74, 6) is -0.757. The fourth-order valence-corrected chi connectivity index (χ4v) is 5.65. The molecule has 3 N–H and O–H groups in total. The number of hydrogen-bond donors (Lipinski definition) is 2. The predicted octanol–water partition coefficient (Wildman–Crippen LogP) is 1.32. The lowest BCUT2D eigenvalue weighted by Gasteiger charge is -2.25. The maximum absolute atomic E-state index is 12.7. The van der Waals surface area contributed by atoms with E-state index in [4.69, 9.17) is 5.73 Å². The summed E-state index contributed by atoms with van der Waals surface area (Å²) in [6.45, 7) is 5.04. The van der Waals surface area contributed by atoms with Crippen molar-refractivity contribution in [2.24, 2.45) is 5.92 Å². The van der Waals surface area contributed by atoms with Crippen LogP contribution in [0.5, 0.6) is 0 Å². The van der Waals surface area contributed by atoms with E-state index < -0.39 is 27.1 Å². The van der Waals surface area contributed by atoms with Gasteiger partial charge < -0.3 is 5.73 Å². The van der Waals surface area contributed by atoms with Gasteiger partial charge in [0.15, 0.2) is 5.78 Å². The average molecular weight is 482 g/mol. The van der Waals surface area contributed by atoms with Crippen LogP contribution in [0.2, 0.25) is 0 Å². The maximum Gasteiger partial charge on any atom is 0.329 e. The number of nitrogens with two attached hydrogens (primary N) is 1. The summed E-state index contributed by atoms with van der Waals surface area (Å²) >= 11 is 1.05. The first-order valence-electron chi connectivity index (χ1n) is 10.4. The van der Waals surface area contributed by atoms with E-state index >= 15 is 0 Å². The molecule has 0 amide bonds. The molecule has 3 heterocycles. The third-order valence-corrected chi connectivity index (χ3v) is 7.91. The van der Waals surface area contributed by atoms with Crippen molar-refractivity contribution in [1.29, 1.82) is 0 Å². The summed E-state index contributed by atoms with van der Waals surface area (Å²) < 4.78 is 28.1.